The summed E-state index contributed by atoms with van der Waals surface area (Å²) in [5, 5.41) is 0. The van der Waals surface area contributed by atoms with Crippen molar-refractivity contribution < 1.29 is 4.39 Å². The molecule has 72 valence electrons. The van der Waals surface area contributed by atoms with Crippen LogP contribution in [0.2, 0.25) is 0 Å². The zero-order valence-corrected chi connectivity index (χ0v) is 8.68. The first-order valence-corrected chi connectivity index (χ1v) is 4.88. The Morgan fingerprint density at radius 1 is 1.17 bits per heavy atom. The standard InChI is InChI=1S/C11H21F/c1-5-6-7-8-11(9(2)3)10(4)12/h6-7,9-11H,5,8H2,1-4H3/b7-6-/t10-,11-/m0/s1. The number of hydrogen-bond acceptors (Lipinski definition) is 0. The van der Waals surface area contributed by atoms with Crippen molar-refractivity contribution in [1.29, 1.82) is 0 Å². The summed E-state index contributed by atoms with van der Waals surface area (Å²) in [6, 6.07) is 0. The molecule has 2 atom stereocenters. The maximum absolute atomic E-state index is 13.0. The molecule has 0 aromatic heterocycles. The van der Waals surface area contributed by atoms with Crippen molar-refractivity contribution in [2.45, 2.75) is 46.7 Å². The molecule has 0 aliphatic rings. The second-order valence-corrected chi connectivity index (χ2v) is 3.70. The second-order valence-electron chi connectivity index (χ2n) is 3.70. The van der Waals surface area contributed by atoms with Gasteiger partial charge < -0.3 is 0 Å². The molecule has 1 heteroatoms. The van der Waals surface area contributed by atoms with Crippen LogP contribution in [0.5, 0.6) is 0 Å². The number of halogens is 1. The fourth-order valence-electron chi connectivity index (χ4n) is 1.41. The van der Waals surface area contributed by atoms with Gasteiger partial charge in [-0.25, -0.2) is 4.39 Å². The minimum atomic E-state index is -0.688. The van der Waals surface area contributed by atoms with Crippen LogP contribution in [-0.2, 0) is 0 Å². The largest absolute Gasteiger partial charge is 0.247 e. The van der Waals surface area contributed by atoms with Gasteiger partial charge in [0.25, 0.3) is 0 Å². The molecule has 0 radical (unpaired) electrons. The van der Waals surface area contributed by atoms with Gasteiger partial charge in [0.2, 0.25) is 0 Å². The third kappa shape index (κ3) is 4.53. The quantitative estimate of drug-likeness (QED) is 0.550. The van der Waals surface area contributed by atoms with E-state index in [1.165, 1.54) is 0 Å². The number of alkyl halides is 1. The van der Waals surface area contributed by atoms with E-state index >= 15 is 0 Å². The summed E-state index contributed by atoms with van der Waals surface area (Å²) in [6.07, 6.45) is 5.44. The summed E-state index contributed by atoms with van der Waals surface area (Å²) in [4.78, 5) is 0. The molecule has 0 rings (SSSR count). The Morgan fingerprint density at radius 3 is 2.08 bits per heavy atom. The first-order valence-electron chi connectivity index (χ1n) is 4.88. The molecule has 0 saturated heterocycles. The Hall–Kier alpha value is -0.330. The van der Waals surface area contributed by atoms with Gasteiger partial charge in [-0.05, 0) is 31.6 Å². The molecule has 0 saturated carbocycles. The Morgan fingerprint density at radius 2 is 1.75 bits per heavy atom. The van der Waals surface area contributed by atoms with Crippen molar-refractivity contribution in [3.63, 3.8) is 0 Å². The highest BCUT2D eigenvalue weighted by molar-refractivity contribution is 4.85. The number of allylic oxidation sites excluding steroid dienone is 2. The van der Waals surface area contributed by atoms with Crippen LogP contribution < -0.4 is 0 Å². The summed E-state index contributed by atoms with van der Waals surface area (Å²) >= 11 is 0. The van der Waals surface area contributed by atoms with Gasteiger partial charge in [0.15, 0.2) is 0 Å². The highest BCUT2D eigenvalue weighted by atomic mass is 19.1. The van der Waals surface area contributed by atoms with Gasteiger partial charge in [-0.2, -0.15) is 0 Å². The molecule has 0 fully saturated rings. The molecule has 0 bridgehead atoms. The molecule has 0 amide bonds. The molecule has 0 heterocycles. The molecule has 0 aromatic carbocycles. The lowest BCUT2D eigenvalue weighted by molar-refractivity contribution is 0.199. The fraction of sp³-hybridized carbons (Fsp3) is 0.818. The topological polar surface area (TPSA) is 0 Å². The molecule has 0 aromatic rings. The van der Waals surface area contributed by atoms with E-state index in [4.69, 9.17) is 0 Å². The smallest absolute Gasteiger partial charge is 0.101 e. The van der Waals surface area contributed by atoms with E-state index in [2.05, 4.69) is 32.9 Å². The fourth-order valence-corrected chi connectivity index (χ4v) is 1.41. The molecule has 0 N–H and O–H groups in total. The van der Waals surface area contributed by atoms with Crippen LogP contribution in [0.4, 0.5) is 4.39 Å². The van der Waals surface area contributed by atoms with Crippen LogP contribution in [0.25, 0.3) is 0 Å². The molecule has 0 unspecified atom stereocenters. The van der Waals surface area contributed by atoms with Gasteiger partial charge in [-0.1, -0.05) is 32.9 Å². The lowest BCUT2D eigenvalue weighted by atomic mass is 9.89. The highest BCUT2D eigenvalue weighted by Crippen LogP contribution is 2.22. The van der Waals surface area contributed by atoms with Crippen LogP contribution in [0.3, 0.4) is 0 Å². The van der Waals surface area contributed by atoms with Crippen LogP contribution in [0, 0.1) is 11.8 Å². The summed E-state index contributed by atoms with van der Waals surface area (Å²) in [7, 11) is 0. The summed E-state index contributed by atoms with van der Waals surface area (Å²) in [5.74, 6) is 0.624. The van der Waals surface area contributed by atoms with E-state index in [0.29, 0.717) is 5.92 Å². The van der Waals surface area contributed by atoms with Crippen LogP contribution >= 0.6 is 0 Å². The van der Waals surface area contributed by atoms with Gasteiger partial charge >= 0.3 is 0 Å². The molecule has 0 nitrogen and oxygen atoms in total. The minimum Gasteiger partial charge on any atom is -0.247 e. The van der Waals surface area contributed by atoms with Gasteiger partial charge in [0.1, 0.15) is 6.17 Å². The molecule has 0 aliphatic heterocycles. The Balaban J connectivity index is 3.88. The Kier molecular flexibility index (Phi) is 6.04. The monoisotopic (exact) mass is 172 g/mol. The first-order chi connectivity index (χ1) is 5.59. The summed E-state index contributed by atoms with van der Waals surface area (Å²) in [6.45, 7) is 7.92. The normalized spacial score (nSPS) is 17.2. The van der Waals surface area contributed by atoms with Crippen molar-refractivity contribution in [3.05, 3.63) is 12.2 Å². The van der Waals surface area contributed by atoms with Crippen molar-refractivity contribution in [3.8, 4) is 0 Å². The van der Waals surface area contributed by atoms with Crippen molar-refractivity contribution in [1.82, 2.24) is 0 Å². The van der Waals surface area contributed by atoms with Crippen LogP contribution in [0.15, 0.2) is 12.2 Å². The zero-order valence-electron chi connectivity index (χ0n) is 8.68. The Bertz CT molecular complexity index is 117. The zero-order chi connectivity index (χ0) is 9.56. The van der Waals surface area contributed by atoms with Crippen LogP contribution in [-0.4, -0.2) is 6.17 Å². The minimum absolute atomic E-state index is 0.188. The predicted octanol–water partition coefficient (Wildman–Crippen LogP) is 3.97. The van der Waals surface area contributed by atoms with Crippen LogP contribution in [0.1, 0.15) is 40.5 Å². The molecular formula is C11H21F. The number of rotatable bonds is 5. The molecule has 12 heavy (non-hydrogen) atoms. The van der Waals surface area contributed by atoms with E-state index < -0.39 is 6.17 Å². The van der Waals surface area contributed by atoms with E-state index in [-0.39, 0.29) is 5.92 Å². The lowest BCUT2D eigenvalue weighted by Crippen LogP contribution is -2.17. The maximum atomic E-state index is 13.0. The summed E-state index contributed by atoms with van der Waals surface area (Å²) < 4.78 is 13.0. The predicted molar refractivity (Wildman–Crippen MR) is 52.9 cm³/mol. The first kappa shape index (κ1) is 11.7. The number of hydrogen-bond donors (Lipinski definition) is 0. The highest BCUT2D eigenvalue weighted by Gasteiger charge is 2.18. The third-order valence-electron chi connectivity index (χ3n) is 2.26. The SMILES string of the molecule is CC/C=C\C[C@@H](C(C)C)[C@H](C)F. The van der Waals surface area contributed by atoms with Gasteiger partial charge in [-0.3, -0.25) is 0 Å². The van der Waals surface area contributed by atoms with Crippen molar-refractivity contribution in [2.75, 3.05) is 0 Å². The van der Waals surface area contributed by atoms with E-state index in [1.807, 2.05) is 0 Å². The van der Waals surface area contributed by atoms with Gasteiger partial charge in [0, 0.05) is 0 Å². The molecule has 0 spiro atoms. The van der Waals surface area contributed by atoms with Crippen molar-refractivity contribution >= 4 is 0 Å². The van der Waals surface area contributed by atoms with Crippen molar-refractivity contribution in [2.24, 2.45) is 11.8 Å². The second kappa shape index (κ2) is 6.22. The summed E-state index contributed by atoms with van der Waals surface area (Å²) in [5.41, 5.74) is 0. The van der Waals surface area contributed by atoms with E-state index in [0.717, 1.165) is 12.8 Å². The average molecular weight is 172 g/mol. The molecule has 0 aliphatic carbocycles. The molecular weight excluding hydrogens is 151 g/mol. The van der Waals surface area contributed by atoms with E-state index in [9.17, 15) is 4.39 Å². The lowest BCUT2D eigenvalue weighted by Gasteiger charge is -2.20. The van der Waals surface area contributed by atoms with Gasteiger partial charge in [0.05, 0.1) is 0 Å². The maximum Gasteiger partial charge on any atom is 0.101 e. The third-order valence-corrected chi connectivity index (χ3v) is 2.26. The Labute approximate surface area is 75.9 Å². The van der Waals surface area contributed by atoms with E-state index in [1.54, 1.807) is 6.92 Å². The van der Waals surface area contributed by atoms with Gasteiger partial charge in [-0.15, -0.1) is 0 Å². The average Bonchev–Trinajstić information content (AvgIpc) is 1.96.